The number of nitrogens with one attached hydrogen (secondary N) is 2. The standard InChI is InChI=1S/C11H9F3N4O/c12-11(13,14)9-8(6-17-18-9)10(19)16-5-7-3-1-2-4-15-7/h1-4,6H,5H2,(H,16,19)(H,17,18). The van der Waals surface area contributed by atoms with Gasteiger partial charge in [0.15, 0.2) is 5.69 Å². The summed E-state index contributed by atoms with van der Waals surface area (Å²) in [5.41, 5.74) is -1.15. The fourth-order valence-electron chi connectivity index (χ4n) is 1.44. The predicted molar refractivity (Wildman–Crippen MR) is 59.0 cm³/mol. The number of aromatic amines is 1. The molecule has 5 nitrogen and oxygen atoms in total. The highest BCUT2D eigenvalue weighted by Crippen LogP contribution is 2.29. The van der Waals surface area contributed by atoms with Crippen LogP contribution in [-0.2, 0) is 12.7 Å². The average Bonchev–Trinajstić information content (AvgIpc) is 2.86. The van der Waals surface area contributed by atoms with Gasteiger partial charge in [-0.3, -0.25) is 14.9 Å². The number of carbonyl (C=O) groups excluding carboxylic acids is 1. The molecule has 0 aliphatic rings. The van der Waals surface area contributed by atoms with Crippen LogP contribution in [0, 0.1) is 0 Å². The summed E-state index contributed by atoms with van der Waals surface area (Å²) >= 11 is 0. The zero-order valence-electron chi connectivity index (χ0n) is 9.53. The number of aromatic nitrogens is 3. The number of nitrogens with zero attached hydrogens (tertiary/aromatic N) is 2. The zero-order chi connectivity index (χ0) is 13.9. The Labute approximate surface area is 105 Å². The van der Waals surface area contributed by atoms with Gasteiger partial charge in [-0.15, -0.1) is 0 Å². The van der Waals surface area contributed by atoms with Crippen LogP contribution in [-0.4, -0.2) is 21.1 Å². The molecule has 1 amide bonds. The number of hydrogen-bond acceptors (Lipinski definition) is 3. The maximum Gasteiger partial charge on any atom is 0.433 e. The van der Waals surface area contributed by atoms with Crippen LogP contribution in [0.5, 0.6) is 0 Å². The Balaban J connectivity index is 2.07. The highest BCUT2D eigenvalue weighted by atomic mass is 19.4. The van der Waals surface area contributed by atoms with E-state index in [1.807, 2.05) is 0 Å². The van der Waals surface area contributed by atoms with Crippen molar-refractivity contribution in [3.8, 4) is 0 Å². The smallest absolute Gasteiger partial charge is 0.346 e. The van der Waals surface area contributed by atoms with Crippen LogP contribution in [0.2, 0.25) is 0 Å². The van der Waals surface area contributed by atoms with Gasteiger partial charge in [-0.2, -0.15) is 18.3 Å². The van der Waals surface area contributed by atoms with Crippen molar-refractivity contribution in [1.29, 1.82) is 0 Å². The topological polar surface area (TPSA) is 70.7 Å². The first-order valence-electron chi connectivity index (χ1n) is 5.27. The summed E-state index contributed by atoms with van der Waals surface area (Å²) < 4.78 is 37.6. The first-order chi connectivity index (χ1) is 8.98. The number of carbonyl (C=O) groups is 1. The first kappa shape index (κ1) is 13.1. The quantitative estimate of drug-likeness (QED) is 0.892. The molecular formula is C11H9F3N4O. The molecule has 0 saturated heterocycles. The first-order valence-corrected chi connectivity index (χ1v) is 5.27. The molecule has 0 spiro atoms. The number of alkyl halides is 3. The molecule has 2 aromatic rings. The number of pyridine rings is 1. The molecule has 0 fully saturated rings. The summed E-state index contributed by atoms with van der Waals surface area (Å²) in [6, 6.07) is 5.07. The normalized spacial score (nSPS) is 11.3. The van der Waals surface area contributed by atoms with Crippen molar-refractivity contribution in [2.24, 2.45) is 0 Å². The van der Waals surface area contributed by atoms with Crippen LogP contribution >= 0.6 is 0 Å². The molecule has 0 aromatic carbocycles. The highest BCUT2D eigenvalue weighted by molar-refractivity contribution is 5.95. The van der Waals surface area contributed by atoms with Crippen LogP contribution in [0.4, 0.5) is 13.2 Å². The van der Waals surface area contributed by atoms with Crippen LogP contribution < -0.4 is 5.32 Å². The van der Waals surface area contributed by atoms with E-state index < -0.39 is 23.3 Å². The molecule has 0 unspecified atom stereocenters. The minimum Gasteiger partial charge on any atom is -0.346 e. The van der Waals surface area contributed by atoms with E-state index in [0.717, 1.165) is 6.20 Å². The van der Waals surface area contributed by atoms with Crippen molar-refractivity contribution >= 4 is 5.91 Å². The molecule has 19 heavy (non-hydrogen) atoms. The van der Waals surface area contributed by atoms with Gasteiger partial charge in [0.05, 0.1) is 24.0 Å². The second-order valence-electron chi connectivity index (χ2n) is 3.66. The maximum atomic E-state index is 12.5. The van der Waals surface area contributed by atoms with Gasteiger partial charge in [0.2, 0.25) is 0 Å². The van der Waals surface area contributed by atoms with E-state index >= 15 is 0 Å². The highest BCUT2D eigenvalue weighted by Gasteiger charge is 2.37. The van der Waals surface area contributed by atoms with E-state index in [-0.39, 0.29) is 6.54 Å². The van der Waals surface area contributed by atoms with E-state index in [9.17, 15) is 18.0 Å². The SMILES string of the molecule is O=C(NCc1ccccn1)c1cn[nH]c1C(F)(F)F. The molecule has 2 heterocycles. The van der Waals surface area contributed by atoms with E-state index in [0.29, 0.717) is 5.69 Å². The molecule has 2 N–H and O–H groups in total. The third-order valence-electron chi connectivity index (χ3n) is 2.32. The summed E-state index contributed by atoms with van der Waals surface area (Å²) in [4.78, 5) is 15.6. The molecule has 0 atom stereocenters. The van der Waals surface area contributed by atoms with E-state index in [1.54, 1.807) is 23.3 Å². The number of halogens is 3. The summed E-state index contributed by atoms with van der Waals surface area (Å²) in [5, 5.41) is 7.37. The third kappa shape index (κ3) is 3.09. The molecule has 2 rings (SSSR count). The minimum atomic E-state index is -4.64. The summed E-state index contributed by atoms with van der Waals surface area (Å²) in [6.45, 7) is 0.0438. The van der Waals surface area contributed by atoms with Crippen molar-refractivity contribution in [1.82, 2.24) is 20.5 Å². The number of amides is 1. The van der Waals surface area contributed by atoms with Crippen LogP contribution in [0.1, 0.15) is 21.7 Å². The summed E-state index contributed by atoms with van der Waals surface area (Å²) in [7, 11) is 0. The van der Waals surface area contributed by atoms with Crippen molar-refractivity contribution < 1.29 is 18.0 Å². The van der Waals surface area contributed by atoms with Gasteiger partial charge in [-0.25, -0.2) is 0 Å². The molecule has 0 saturated carbocycles. The zero-order valence-corrected chi connectivity index (χ0v) is 9.53. The fourth-order valence-corrected chi connectivity index (χ4v) is 1.44. The fraction of sp³-hybridized carbons (Fsp3) is 0.182. The Kier molecular flexibility index (Phi) is 3.50. The number of rotatable bonds is 3. The lowest BCUT2D eigenvalue weighted by atomic mass is 10.2. The lowest BCUT2D eigenvalue weighted by Gasteiger charge is -2.07. The van der Waals surface area contributed by atoms with Gasteiger partial charge in [-0.1, -0.05) is 6.07 Å². The second kappa shape index (κ2) is 5.09. The maximum absolute atomic E-state index is 12.5. The Morgan fingerprint density at radius 2 is 2.16 bits per heavy atom. The Bertz CT molecular complexity index is 565. The van der Waals surface area contributed by atoms with E-state index in [1.165, 1.54) is 6.20 Å². The molecule has 0 radical (unpaired) electrons. The van der Waals surface area contributed by atoms with Crippen LogP contribution in [0.15, 0.2) is 30.6 Å². The van der Waals surface area contributed by atoms with Gasteiger partial charge in [0.1, 0.15) is 0 Å². The Hall–Kier alpha value is -2.38. The molecule has 2 aromatic heterocycles. The molecule has 0 bridgehead atoms. The van der Waals surface area contributed by atoms with Gasteiger partial charge in [0.25, 0.3) is 5.91 Å². The van der Waals surface area contributed by atoms with Crippen LogP contribution in [0.25, 0.3) is 0 Å². The lowest BCUT2D eigenvalue weighted by Crippen LogP contribution is -2.25. The number of hydrogen-bond donors (Lipinski definition) is 2. The van der Waals surface area contributed by atoms with E-state index in [2.05, 4.69) is 15.4 Å². The lowest BCUT2D eigenvalue weighted by molar-refractivity contribution is -0.141. The van der Waals surface area contributed by atoms with Gasteiger partial charge in [0, 0.05) is 6.20 Å². The Morgan fingerprint density at radius 1 is 1.37 bits per heavy atom. The van der Waals surface area contributed by atoms with Crippen molar-refractivity contribution in [3.63, 3.8) is 0 Å². The summed E-state index contributed by atoms with van der Waals surface area (Å²) in [5.74, 6) is -0.855. The second-order valence-corrected chi connectivity index (χ2v) is 3.66. The third-order valence-corrected chi connectivity index (χ3v) is 2.32. The van der Waals surface area contributed by atoms with Gasteiger partial charge < -0.3 is 5.32 Å². The van der Waals surface area contributed by atoms with Gasteiger partial charge >= 0.3 is 6.18 Å². The van der Waals surface area contributed by atoms with Crippen LogP contribution in [0.3, 0.4) is 0 Å². The molecule has 8 heteroatoms. The van der Waals surface area contributed by atoms with Gasteiger partial charge in [-0.05, 0) is 12.1 Å². The Morgan fingerprint density at radius 3 is 2.79 bits per heavy atom. The molecule has 100 valence electrons. The molecule has 0 aliphatic heterocycles. The number of H-pyrrole nitrogens is 1. The molecule has 0 aliphatic carbocycles. The van der Waals surface area contributed by atoms with Crippen molar-refractivity contribution in [2.75, 3.05) is 0 Å². The molecular weight excluding hydrogens is 261 g/mol. The minimum absolute atomic E-state index is 0.0438. The largest absolute Gasteiger partial charge is 0.433 e. The van der Waals surface area contributed by atoms with Crippen molar-refractivity contribution in [2.45, 2.75) is 12.7 Å². The average molecular weight is 270 g/mol. The van der Waals surface area contributed by atoms with Crippen molar-refractivity contribution in [3.05, 3.63) is 47.5 Å². The monoisotopic (exact) mass is 270 g/mol. The van der Waals surface area contributed by atoms with E-state index in [4.69, 9.17) is 0 Å². The predicted octanol–water partition coefficient (Wildman–Crippen LogP) is 1.75. The summed E-state index contributed by atoms with van der Waals surface area (Å²) in [6.07, 6.45) is -2.27.